The Labute approximate surface area is 185 Å². The zero-order valence-corrected chi connectivity index (χ0v) is 17.9. The average molecular weight is 445 g/mol. The predicted octanol–water partition coefficient (Wildman–Crippen LogP) is 3.67. The van der Waals surface area contributed by atoms with Crippen LogP contribution in [0.5, 0.6) is 0 Å². The highest BCUT2D eigenvalue weighted by molar-refractivity contribution is 6.04. The lowest BCUT2D eigenvalue weighted by Crippen LogP contribution is -2.40. The van der Waals surface area contributed by atoms with Crippen molar-refractivity contribution in [3.05, 3.63) is 64.2 Å². The number of hydrogen-bond acceptors (Lipinski definition) is 4. The van der Waals surface area contributed by atoms with Crippen LogP contribution in [-0.4, -0.2) is 50.2 Å². The van der Waals surface area contributed by atoms with Crippen molar-refractivity contribution in [2.24, 2.45) is 0 Å². The second kappa shape index (κ2) is 10.6. The molecule has 1 amide bonds. The largest absolute Gasteiger partial charge is 0.416 e. The van der Waals surface area contributed by atoms with Crippen LogP contribution in [0, 0.1) is 19.3 Å². The SMILES string of the molecule is C#Cc1cc(C(=O)Nc2ccc(CNCCN3CCOCC3)c(C(F)(F)F)c2)ccc1C. The summed E-state index contributed by atoms with van der Waals surface area (Å²) < 4.78 is 46.2. The van der Waals surface area contributed by atoms with Crippen molar-refractivity contribution in [3.8, 4) is 12.3 Å². The summed E-state index contributed by atoms with van der Waals surface area (Å²) in [6.07, 6.45) is 0.889. The van der Waals surface area contributed by atoms with E-state index < -0.39 is 17.6 Å². The van der Waals surface area contributed by atoms with Gasteiger partial charge in [0.25, 0.3) is 5.91 Å². The molecule has 1 saturated heterocycles. The van der Waals surface area contributed by atoms with Crippen LogP contribution in [0.15, 0.2) is 36.4 Å². The van der Waals surface area contributed by atoms with Crippen molar-refractivity contribution in [1.29, 1.82) is 0 Å². The number of anilines is 1. The second-order valence-electron chi connectivity index (χ2n) is 7.63. The fourth-order valence-electron chi connectivity index (χ4n) is 3.48. The van der Waals surface area contributed by atoms with E-state index in [1.807, 2.05) is 6.92 Å². The quantitative estimate of drug-likeness (QED) is 0.505. The molecule has 2 aromatic rings. The molecule has 3 rings (SSSR count). The lowest BCUT2D eigenvalue weighted by molar-refractivity contribution is -0.138. The number of aryl methyl sites for hydroxylation is 1. The number of alkyl halides is 3. The number of terminal acetylenes is 1. The van der Waals surface area contributed by atoms with Crippen LogP contribution in [0.2, 0.25) is 0 Å². The van der Waals surface area contributed by atoms with Crippen molar-refractivity contribution < 1.29 is 22.7 Å². The molecule has 32 heavy (non-hydrogen) atoms. The lowest BCUT2D eigenvalue weighted by Gasteiger charge is -2.26. The van der Waals surface area contributed by atoms with Gasteiger partial charge in [0.2, 0.25) is 0 Å². The molecule has 1 fully saturated rings. The summed E-state index contributed by atoms with van der Waals surface area (Å²) in [6.45, 7) is 6.23. The van der Waals surface area contributed by atoms with Gasteiger partial charge >= 0.3 is 6.18 Å². The van der Waals surface area contributed by atoms with Gasteiger partial charge in [0, 0.05) is 49.5 Å². The molecular formula is C24H26F3N3O2. The van der Waals surface area contributed by atoms with Crippen LogP contribution >= 0.6 is 0 Å². The van der Waals surface area contributed by atoms with Gasteiger partial charge in [-0.3, -0.25) is 9.69 Å². The molecule has 0 unspecified atom stereocenters. The highest BCUT2D eigenvalue weighted by Crippen LogP contribution is 2.34. The molecule has 1 heterocycles. The Morgan fingerprint density at radius 1 is 1.19 bits per heavy atom. The van der Waals surface area contributed by atoms with E-state index in [1.54, 1.807) is 18.2 Å². The minimum absolute atomic E-state index is 0.0715. The molecule has 2 N–H and O–H groups in total. The molecular weight excluding hydrogens is 419 g/mol. The van der Waals surface area contributed by atoms with Crippen molar-refractivity contribution >= 4 is 11.6 Å². The molecule has 0 aliphatic carbocycles. The number of hydrogen-bond donors (Lipinski definition) is 2. The molecule has 1 aliphatic heterocycles. The first-order valence-corrected chi connectivity index (χ1v) is 10.4. The first-order valence-electron chi connectivity index (χ1n) is 10.4. The highest BCUT2D eigenvalue weighted by atomic mass is 19.4. The number of carbonyl (C=O) groups is 1. The van der Waals surface area contributed by atoms with Gasteiger partial charge in [-0.05, 0) is 42.3 Å². The number of ether oxygens (including phenoxy) is 1. The molecule has 1 aliphatic rings. The molecule has 2 aromatic carbocycles. The Hall–Kier alpha value is -2.86. The van der Waals surface area contributed by atoms with Crippen LogP contribution in [0.25, 0.3) is 0 Å². The molecule has 0 spiro atoms. The summed E-state index contributed by atoms with van der Waals surface area (Å²) in [6, 6.07) is 8.67. The van der Waals surface area contributed by atoms with Crippen LogP contribution in [-0.2, 0) is 17.5 Å². The Kier molecular flexibility index (Phi) is 7.91. The third kappa shape index (κ3) is 6.33. The van der Waals surface area contributed by atoms with Crippen molar-refractivity contribution in [2.45, 2.75) is 19.6 Å². The summed E-state index contributed by atoms with van der Waals surface area (Å²) in [5, 5.41) is 5.61. The minimum Gasteiger partial charge on any atom is -0.379 e. The van der Waals surface area contributed by atoms with E-state index in [4.69, 9.17) is 11.2 Å². The zero-order chi connectivity index (χ0) is 23.1. The molecule has 0 aromatic heterocycles. The smallest absolute Gasteiger partial charge is 0.379 e. The van der Waals surface area contributed by atoms with Gasteiger partial charge in [0.05, 0.1) is 18.8 Å². The van der Waals surface area contributed by atoms with Crippen LogP contribution in [0.1, 0.15) is 32.6 Å². The Morgan fingerprint density at radius 2 is 1.94 bits per heavy atom. The number of nitrogens with one attached hydrogen (secondary N) is 2. The number of morpholine rings is 1. The maximum absolute atomic E-state index is 13.6. The molecule has 0 saturated carbocycles. The van der Waals surface area contributed by atoms with E-state index in [9.17, 15) is 18.0 Å². The molecule has 8 heteroatoms. The lowest BCUT2D eigenvalue weighted by atomic mass is 10.0. The minimum atomic E-state index is -4.54. The Bertz CT molecular complexity index is 993. The van der Waals surface area contributed by atoms with Crippen LogP contribution < -0.4 is 10.6 Å². The van der Waals surface area contributed by atoms with Gasteiger partial charge in [0.15, 0.2) is 0 Å². The van der Waals surface area contributed by atoms with Crippen molar-refractivity contribution in [3.63, 3.8) is 0 Å². The molecule has 5 nitrogen and oxygen atoms in total. The topological polar surface area (TPSA) is 53.6 Å². The van der Waals surface area contributed by atoms with E-state index in [2.05, 4.69) is 21.5 Å². The number of amides is 1. The third-order valence-corrected chi connectivity index (χ3v) is 5.35. The Morgan fingerprint density at radius 3 is 2.62 bits per heavy atom. The highest BCUT2D eigenvalue weighted by Gasteiger charge is 2.33. The van der Waals surface area contributed by atoms with Crippen LogP contribution in [0.4, 0.5) is 18.9 Å². The normalized spacial score (nSPS) is 14.7. The van der Waals surface area contributed by atoms with Gasteiger partial charge in [-0.25, -0.2) is 0 Å². The van der Waals surface area contributed by atoms with Gasteiger partial charge in [-0.2, -0.15) is 13.2 Å². The van der Waals surface area contributed by atoms with E-state index in [0.29, 0.717) is 25.3 Å². The zero-order valence-electron chi connectivity index (χ0n) is 17.9. The van der Waals surface area contributed by atoms with Gasteiger partial charge in [-0.1, -0.05) is 18.1 Å². The summed E-state index contributed by atoms with van der Waals surface area (Å²) in [5.74, 6) is 1.97. The summed E-state index contributed by atoms with van der Waals surface area (Å²) in [5.41, 5.74) is 1.11. The van der Waals surface area contributed by atoms with Gasteiger partial charge in [0.1, 0.15) is 0 Å². The molecule has 0 radical (unpaired) electrons. The van der Waals surface area contributed by atoms with Crippen molar-refractivity contribution in [1.82, 2.24) is 10.2 Å². The predicted molar refractivity (Wildman–Crippen MR) is 117 cm³/mol. The maximum Gasteiger partial charge on any atom is 0.416 e. The fraction of sp³-hybridized carbons (Fsp3) is 0.375. The summed E-state index contributed by atoms with van der Waals surface area (Å²) >= 11 is 0. The van der Waals surface area contributed by atoms with E-state index in [1.165, 1.54) is 12.1 Å². The molecule has 170 valence electrons. The third-order valence-electron chi connectivity index (χ3n) is 5.35. The number of carbonyl (C=O) groups excluding carboxylic acids is 1. The fourth-order valence-corrected chi connectivity index (χ4v) is 3.48. The first-order chi connectivity index (χ1) is 15.3. The van der Waals surface area contributed by atoms with Crippen LogP contribution in [0.3, 0.4) is 0 Å². The number of rotatable bonds is 7. The van der Waals surface area contributed by atoms with Gasteiger partial charge < -0.3 is 15.4 Å². The standard InChI is InChI=1S/C24H26F3N3O2/c1-3-18-14-19(5-4-17(18)2)23(31)29-21-7-6-20(22(15-21)24(25,26)27)16-28-8-9-30-10-12-32-13-11-30/h1,4-7,14-15,28H,8-13,16H2,2H3,(H,29,31). The average Bonchev–Trinajstić information content (AvgIpc) is 2.77. The van der Waals surface area contributed by atoms with E-state index in [0.717, 1.165) is 31.3 Å². The van der Waals surface area contributed by atoms with E-state index in [-0.39, 0.29) is 23.4 Å². The molecule has 0 bridgehead atoms. The van der Waals surface area contributed by atoms with Gasteiger partial charge in [-0.15, -0.1) is 6.42 Å². The maximum atomic E-state index is 13.6. The van der Waals surface area contributed by atoms with Crippen molar-refractivity contribution in [2.75, 3.05) is 44.7 Å². The monoisotopic (exact) mass is 445 g/mol. The second-order valence-corrected chi connectivity index (χ2v) is 7.63. The number of nitrogens with zero attached hydrogens (tertiary/aromatic N) is 1. The van der Waals surface area contributed by atoms with E-state index >= 15 is 0 Å². The summed E-state index contributed by atoms with van der Waals surface area (Å²) in [7, 11) is 0. The molecule has 0 atom stereocenters. The summed E-state index contributed by atoms with van der Waals surface area (Å²) in [4.78, 5) is 14.7. The first kappa shape index (κ1) is 23.8. The number of halogens is 3. The number of benzene rings is 2. The Balaban J connectivity index is 1.66.